The largest absolute Gasteiger partial charge is 0.387 e. The van der Waals surface area contributed by atoms with Crippen molar-refractivity contribution in [3.05, 3.63) is 52.9 Å². The van der Waals surface area contributed by atoms with E-state index in [0.717, 1.165) is 29.8 Å². The average Bonchev–Trinajstić information content (AvgIpc) is 2.87. The van der Waals surface area contributed by atoms with Gasteiger partial charge in [0.05, 0.1) is 11.8 Å². The van der Waals surface area contributed by atoms with Crippen LogP contribution in [0.4, 0.5) is 8.78 Å². The fourth-order valence-corrected chi connectivity index (χ4v) is 2.40. The third-order valence-corrected chi connectivity index (χ3v) is 3.70. The Kier molecular flexibility index (Phi) is 5.26. The monoisotopic (exact) mass is 309 g/mol. The molecule has 2 unspecified atom stereocenters. The van der Waals surface area contributed by atoms with E-state index in [-0.39, 0.29) is 6.04 Å². The van der Waals surface area contributed by atoms with Crippen LogP contribution >= 0.6 is 0 Å². The SMILES string of the molecule is CCc1nn(C)cc1CNC(C)C(O)c1ccc(F)c(F)c1. The van der Waals surface area contributed by atoms with Gasteiger partial charge < -0.3 is 10.4 Å². The fraction of sp³-hybridized carbons (Fsp3) is 0.438. The summed E-state index contributed by atoms with van der Waals surface area (Å²) < 4.78 is 27.9. The van der Waals surface area contributed by atoms with Gasteiger partial charge in [0.2, 0.25) is 0 Å². The van der Waals surface area contributed by atoms with E-state index in [0.29, 0.717) is 12.1 Å². The van der Waals surface area contributed by atoms with Crippen LogP contribution in [0.5, 0.6) is 0 Å². The number of nitrogens with zero attached hydrogens (tertiary/aromatic N) is 2. The molecule has 22 heavy (non-hydrogen) atoms. The highest BCUT2D eigenvalue weighted by Crippen LogP contribution is 2.20. The predicted molar refractivity (Wildman–Crippen MR) is 80.2 cm³/mol. The number of rotatable bonds is 6. The summed E-state index contributed by atoms with van der Waals surface area (Å²) in [6.45, 7) is 4.39. The first-order chi connectivity index (χ1) is 10.4. The highest BCUT2D eigenvalue weighted by Gasteiger charge is 2.18. The Labute approximate surface area is 128 Å². The minimum atomic E-state index is -0.954. The molecule has 0 fully saturated rings. The minimum Gasteiger partial charge on any atom is -0.387 e. The number of aliphatic hydroxyl groups is 1. The summed E-state index contributed by atoms with van der Waals surface area (Å²) >= 11 is 0. The van der Waals surface area contributed by atoms with Crippen LogP contribution in [0.2, 0.25) is 0 Å². The summed E-state index contributed by atoms with van der Waals surface area (Å²) in [6, 6.07) is 3.13. The van der Waals surface area contributed by atoms with Crippen molar-refractivity contribution in [2.45, 2.75) is 39.0 Å². The van der Waals surface area contributed by atoms with Crippen molar-refractivity contribution in [1.29, 1.82) is 0 Å². The molecule has 4 nitrogen and oxygen atoms in total. The average molecular weight is 309 g/mol. The molecule has 1 heterocycles. The van der Waals surface area contributed by atoms with Crippen molar-refractivity contribution in [3.63, 3.8) is 0 Å². The van der Waals surface area contributed by atoms with E-state index in [4.69, 9.17) is 0 Å². The standard InChI is InChI=1S/C16H21F2N3O/c1-4-15-12(9-21(3)20-15)8-19-10(2)16(22)11-5-6-13(17)14(18)7-11/h5-7,9-10,16,19,22H,4,8H2,1-3H3. The van der Waals surface area contributed by atoms with Gasteiger partial charge in [-0.25, -0.2) is 8.78 Å². The van der Waals surface area contributed by atoms with E-state index >= 15 is 0 Å². The number of nitrogens with one attached hydrogen (secondary N) is 1. The molecule has 0 radical (unpaired) electrons. The smallest absolute Gasteiger partial charge is 0.159 e. The number of aliphatic hydroxyl groups excluding tert-OH is 1. The van der Waals surface area contributed by atoms with Crippen LogP contribution in [-0.4, -0.2) is 20.9 Å². The Morgan fingerprint density at radius 3 is 2.68 bits per heavy atom. The first-order valence-corrected chi connectivity index (χ1v) is 7.30. The topological polar surface area (TPSA) is 50.1 Å². The Morgan fingerprint density at radius 2 is 2.05 bits per heavy atom. The maximum atomic E-state index is 13.2. The maximum Gasteiger partial charge on any atom is 0.159 e. The molecule has 2 N–H and O–H groups in total. The van der Waals surface area contributed by atoms with E-state index in [1.807, 2.05) is 20.2 Å². The molecule has 6 heteroatoms. The molecule has 0 aliphatic rings. The normalized spacial score (nSPS) is 14.1. The van der Waals surface area contributed by atoms with Gasteiger partial charge in [0.25, 0.3) is 0 Å². The Hall–Kier alpha value is -1.79. The summed E-state index contributed by atoms with van der Waals surface area (Å²) in [4.78, 5) is 0. The minimum absolute atomic E-state index is 0.310. The quantitative estimate of drug-likeness (QED) is 0.862. The Balaban J connectivity index is 2.01. The molecule has 2 atom stereocenters. The lowest BCUT2D eigenvalue weighted by Gasteiger charge is -2.20. The van der Waals surface area contributed by atoms with Crippen LogP contribution in [0.3, 0.4) is 0 Å². The second kappa shape index (κ2) is 6.98. The summed E-state index contributed by atoms with van der Waals surface area (Å²) in [7, 11) is 1.86. The first-order valence-electron chi connectivity index (χ1n) is 7.30. The van der Waals surface area contributed by atoms with Crippen LogP contribution in [0.1, 0.15) is 36.8 Å². The van der Waals surface area contributed by atoms with Crippen LogP contribution in [0.15, 0.2) is 24.4 Å². The highest BCUT2D eigenvalue weighted by molar-refractivity contribution is 5.21. The maximum absolute atomic E-state index is 13.2. The molecule has 0 amide bonds. The molecule has 0 aliphatic heterocycles. The number of benzene rings is 1. The zero-order chi connectivity index (χ0) is 16.3. The van der Waals surface area contributed by atoms with Gasteiger partial charge >= 0.3 is 0 Å². The first kappa shape index (κ1) is 16.6. The molecule has 120 valence electrons. The Morgan fingerprint density at radius 1 is 1.32 bits per heavy atom. The van der Waals surface area contributed by atoms with Gasteiger partial charge in [-0.1, -0.05) is 13.0 Å². The van der Waals surface area contributed by atoms with Gasteiger partial charge in [0.15, 0.2) is 11.6 Å². The molecule has 2 rings (SSSR count). The van der Waals surface area contributed by atoms with Crippen LogP contribution in [-0.2, 0) is 20.0 Å². The summed E-state index contributed by atoms with van der Waals surface area (Å²) in [5.74, 6) is -1.87. The number of aryl methyl sites for hydroxylation is 2. The molecular weight excluding hydrogens is 288 g/mol. The van der Waals surface area contributed by atoms with Crippen molar-refractivity contribution >= 4 is 0 Å². The van der Waals surface area contributed by atoms with Crippen molar-refractivity contribution in [1.82, 2.24) is 15.1 Å². The van der Waals surface area contributed by atoms with E-state index in [1.165, 1.54) is 6.07 Å². The van der Waals surface area contributed by atoms with Gasteiger partial charge in [-0.2, -0.15) is 5.10 Å². The molecular formula is C16H21F2N3O. The van der Waals surface area contributed by atoms with E-state index in [1.54, 1.807) is 11.6 Å². The molecule has 0 aliphatic carbocycles. The summed E-state index contributed by atoms with van der Waals surface area (Å²) in [5, 5.41) is 17.8. The molecule has 1 aromatic heterocycles. The summed E-state index contributed by atoms with van der Waals surface area (Å²) in [6.07, 6.45) is 1.84. The van der Waals surface area contributed by atoms with Gasteiger partial charge in [0.1, 0.15) is 0 Å². The predicted octanol–water partition coefficient (Wildman–Crippen LogP) is 2.47. The van der Waals surface area contributed by atoms with Gasteiger partial charge in [-0.15, -0.1) is 0 Å². The Bertz CT molecular complexity index is 642. The lowest BCUT2D eigenvalue weighted by atomic mass is 10.0. The number of aromatic nitrogens is 2. The van der Waals surface area contributed by atoms with Crippen LogP contribution in [0, 0.1) is 11.6 Å². The lowest BCUT2D eigenvalue weighted by molar-refractivity contribution is 0.135. The number of halogens is 2. The lowest BCUT2D eigenvalue weighted by Crippen LogP contribution is -2.32. The third kappa shape index (κ3) is 3.69. The van der Waals surface area contributed by atoms with Crippen molar-refractivity contribution in [2.75, 3.05) is 0 Å². The van der Waals surface area contributed by atoms with Gasteiger partial charge in [-0.05, 0) is 31.0 Å². The molecule has 0 spiro atoms. The van der Waals surface area contributed by atoms with Gasteiger partial charge in [-0.3, -0.25) is 4.68 Å². The molecule has 0 bridgehead atoms. The van der Waals surface area contributed by atoms with Crippen LogP contribution in [0.25, 0.3) is 0 Å². The van der Waals surface area contributed by atoms with E-state index in [9.17, 15) is 13.9 Å². The molecule has 0 saturated carbocycles. The van der Waals surface area contributed by atoms with Crippen LogP contribution < -0.4 is 5.32 Å². The zero-order valence-corrected chi connectivity index (χ0v) is 13.0. The van der Waals surface area contributed by atoms with Crippen molar-refractivity contribution in [3.8, 4) is 0 Å². The van der Waals surface area contributed by atoms with E-state index in [2.05, 4.69) is 10.4 Å². The third-order valence-electron chi connectivity index (χ3n) is 3.70. The fourth-order valence-electron chi connectivity index (χ4n) is 2.40. The second-order valence-electron chi connectivity index (χ2n) is 5.42. The number of hydrogen-bond acceptors (Lipinski definition) is 3. The van der Waals surface area contributed by atoms with Crippen molar-refractivity contribution < 1.29 is 13.9 Å². The second-order valence-corrected chi connectivity index (χ2v) is 5.42. The molecule has 1 aromatic carbocycles. The molecule has 0 saturated heterocycles. The zero-order valence-electron chi connectivity index (χ0n) is 13.0. The van der Waals surface area contributed by atoms with Crippen molar-refractivity contribution in [2.24, 2.45) is 7.05 Å². The highest BCUT2D eigenvalue weighted by atomic mass is 19.2. The van der Waals surface area contributed by atoms with E-state index < -0.39 is 17.7 Å². The van der Waals surface area contributed by atoms with Gasteiger partial charge in [0, 0.05) is 31.4 Å². The summed E-state index contributed by atoms with van der Waals surface area (Å²) in [5.41, 5.74) is 2.42. The number of hydrogen-bond donors (Lipinski definition) is 2. The molecule has 2 aromatic rings.